The smallest absolute Gasteiger partial charge is 0.303 e. The first-order valence-corrected chi connectivity index (χ1v) is 6.06. The Bertz CT molecular complexity index is 432. The largest absolute Gasteiger partial charge is 0.481 e. The van der Waals surface area contributed by atoms with Crippen LogP contribution in [0.2, 0.25) is 0 Å². The van der Waals surface area contributed by atoms with Crippen LogP contribution in [0.4, 0.5) is 5.69 Å². The topological polar surface area (TPSA) is 66.4 Å². The van der Waals surface area contributed by atoms with Crippen molar-refractivity contribution in [3.63, 3.8) is 0 Å². The molecule has 1 rings (SSSR count). The van der Waals surface area contributed by atoms with Crippen molar-refractivity contribution < 1.29 is 14.7 Å². The van der Waals surface area contributed by atoms with Crippen molar-refractivity contribution in [1.29, 1.82) is 0 Å². The molecule has 0 bridgehead atoms. The second kappa shape index (κ2) is 6.39. The lowest BCUT2D eigenvalue weighted by Gasteiger charge is -2.08. The third kappa shape index (κ3) is 4.56. The normalized spacial score (nSPS) is 10.0. The number of nitrogens with one attached hydrogen (secondary N) is 1. The van der Waals surface area contributed by atoms with E-state index in [1.807, 2.05) is 19.1 Å². The van der Waals surface area contributed by atoms with Crippen LogP contribution in [0.25, 0.3) is 0 Å². The van der Waals surface area contributed by atoms with E-state index in [0.717, 1.165) is 10.0 Å². The molecule has 92 valence electrons. The standard InChI is InChI=1S/C12H14BrNO3/c1-8-4-2-5-9(12(8)13)14-10(15)6-3-7-11(16)17/h2,4-5H,3,6-7H2,1H3,(H,14,15)(H,16,17). The number of rotatable bonds is 5. The van der Waals surface area contributed by atoms with Gasteiger partial charge in [0, 0.05) is 17.3 Å². The number of carboxylic acids is 1. The summed E-state index contributed by atoms with van der Waals surface area (Å²) in [5.41, 5.74) is 1.75. The fraction of sp³-hybridized carbons (Fsp3) is 0.333. The Kier molecular flexibility index (Phi) is 5.15. The molecule has 0 radical (unpaired) electrons. The monoisotopic (exact) mass is 299 g/mol. The van der Waals surface area contributed by atoms with E-state index in [1.165, 1.54) is 0 Å². The van der Waals surface area contributed by atoms with Crippen molar-refractivity contribution in [2.75, 3.05) is 5.32 Å². The molecule has 0 aromatic heterocycles. The molecule has 1 aromatic carbocycles. The molecule has 0 aliphatic rings. The maximum absolute atomic E-state index is 11.5. The van der Waals surface area contributed by atoms with Crippen molar-refractivity contribution in [2.45, 2.75) is 26.2 Å². The van der Waals surface area contributed by atoms with E-state index in [1.54, 1.807) is 6.07 Å². The van der Waals surface area contributed by atoms with E-state index >= 15 is 0 Å². The average Bonchev–Trinajstić information content (AvgIpc) is 2.24. The zero-order chi connectivity index (χ0) is 12.8. The molecule has 2 N–H and O–H groups in total. The molecule has 0 spiro atoms. The van der Waals surface area contributed by atoms with Crippen molar-refractivity contribution in [2.24, 2.45) is 0 Å². The lowest BCUT2D eigenvalue weighted by molar-refractivity contribution is -0.137. The molecule has 0 fully saturated rings. The van der Waals surface area contributed by atoms with Gasteiger partial charge in [-0.3, -0.25) is 9.59 Å². The molecule has 4 nitrogen and oxygen atoms in total. The number of carboxylic acid groups (broad SMARTS) is 1. The summed E-state index contributed by atoms with van der Waals surface area (Å²) in [7, 11) is 0. The van der Waals surface area contributed by atoms with E-state index in [4.69, 9.17) is 5.11 Å². The van der Waals surface area contributed by atoms with Crippen LogP contribution in [0.1, 0.15) is 24.8 Å². The van der Waals surface area contributed by atoms with Crippen LogP contribution in [-0.4, -0.2) is 17.0 Å². The van der Waals surface area contributed by atoms with Gasteiger partial charge in [-0.05, 0) is 40.9 Å². The SMILES string of the molecule is Cc1cccc(NC(=O)CCCC(=O)O)c1Br. The van der Waals surface area contributed by atoms with Gasteiger partial charge in [0.05, 0.1) is 5.69 Å². The lowest BCUT2D eigenvalue weighted by Crippen LogP contribution is -2.12. The van der Waals surface area contributed by atoms with Crippen LogP contribution in [0, 0.1) is 6.92 Å². The van der Waals surface area contributed by atoms with Crippen molar-refractivity contribution in [3.05, 3.63) is 28.2 Å². The minimum atomic E-state index is -0.880. The number of aliphatic carboxylic acids is 1. The third-order valence-electron chi connectivity index (χ3n) is 2.26. The fourth-order valence-corrected chi connectivity index (χ4v) is 1.72. The number of halogens is 1. The molecule has 0 saturated heterocycles. The second-order valence-corrected chi connectivity index (χ2v) is 4.52. The Morgan fingerprint density at radius 3 is 2.71 bits per heavy atom. The first-order valence-electron chi connectivity index (χ1n) is 5.27. The number of amides is 1. The Morgan fingerprint density at radius 2 is 2.06 bits per heavy atom. The van der Waals surface area contributed by atoms with Gasteiger partial charge in [-0.2, -0.15) is 0 Å². The first-order chi connectivity index (χ1) is 8.00. The summed E-state index contributed by atoms with van der Waals surface area (Å²) >= 11 is 3.39. The van der Waals surface area contributed by atoms with Gasteiger partial charge in [0.1, 0.15) is 0 Å². The Morgan fingerprint density at radius 1 is 1.35 bits per heavy atom. The number of aryl methyl sites for hydroxylation is 1. The van der Waals surface area contributed by atoms with Crippen molar-refractivity contribution >= 4 is 33.5 Å². The number of hydrogen-bond acceptors (Lipinski definition) is 2. The van der Waals surface area contributed by atoms with Gasteiger partial charge in [-0.25, -0.2) is 0 Å². The molecule has 0 heterocycles. The summed E-state index contributed by atoms with van der Waals surface area (Å²) in [4.78, 5) is 21.8. The summed E-state index contributed by atoms with van der Waals surface area (Å²) in [6.45, 7) is 1.93. The number of carbonyl (C=O) groups is 2. The van der Waals surface area contributed by atoms with E-state index < -0.39 is 5.97 Å². The van der Waals surface area contributed by atoms with Gasteiger partial charge in [0.15, 0.2) is 0 Å². The molecule has 1 amide bonds. The molecular formula is C12H14BrNO3. The van der Waals surface area contributed by atoms with E-state index in [2.05, 4.69) is 21.2 Å². The molecule has 0 aliphatic heterocycles. The maximum atomic E-state index is 11.5. The predicted molar refractivity (Wildman–Crippen MR) is 69.0 cm³/mol. The molecular weight excluding hydrogens is 286 g/mol. The van der Waals surface area contributed by atoms with Crippen LogP contribution in [0.3, 0.4) is 0 Å². The van der Waals surface area contributed by atoms with Gasteiger partial charge in [-0.15, -0.1) is 0 Å². The van der Waals surface area contributed by atoms with Crippen LogP contribution in [-0.2, 0) is 9.59 Å². The molecule has 0 unspecified atom stereocenters. The van der Waals surface area contributed by atoms with E-state index in [-0.39, 0.29) is 18.7 Å². The van der Waals surface area contributed by atoms with Crippen molar-refractivity contribution in [1.82, 2.24) is 0 Å². The minimum absolute atomic E-state index is 0.0163. The summed E-state index contributed by atoms with van der Waals surface area (Å²) in [5.74, 6) is -1.05. The molecule has 5 heteroatoms. The number of benzene rings is 1. The van der Waals surface area contributed by atoms with Gasteiger partial charge in [0.25, 0.3) is 0 Å². The quantitative estimate of drug-likeness (QED) is 0.878. The highest BCUT2D eigenvalue weighted by molar-refractivity contribution is 9.10. The number of hydrogen-bond donors (Lipinski definition) is 2. The molecule has 1 aromatic rings. The Labute approximate surface area is 108 Å². The summed E-state index contributed by atoms with van der Waals surface area (Å²) in [6.07, 6.45) is 0.583. The van der Waals surface area contributed by atoms with Crippen LogP contribution >= 0.6 is 15.9 Å². The molecule has 0 aliphatic carbocycles. The molecule has 0 atom stereocenters. The van der Waals surface area contributed by atoms with Crippen molar-refractivity contribution in [3.8, 4) is 0 Å². The Hall–Kier alpha value is -1.36. The lowest BCUT2D eigenvalue weighted by atomic mass is 10.2. The molecule has 0 saturated carbocycles. The highest BCUT2D eigenvalue weighted by Gasteiger charge is 2.07. The van der Waals surface area contributed by atoms with Crippen LogP contribution in [0.15, 0.2) is 22.7 Å². The van der Waals surface area contributed by atoms with Crippen LogP contribution in [0.5, 0.6) is 0 Å². The average molecular weight is 300 g/mol. The summed E-state index contributed by atoms with van der Waals surface area (Å²) in [6, 6.07) is 5.59. The van der Waals surface area contributed by atoms with E-state index in [0.29, 0.717) is 12.1 Å². The van der Waals surface area contributed by atoms with Gasteiger partial charge in [0.2, 0.25) is 5.91 Å². The number of anilines is 1. The summed E-state index contributed by atoms with van der Waals surface area (Å²) in [5, 5.41) is 11.2. The number of carbonyl (C=O) groups excluding carboxylic acids is 1. The maximum Gasteiger partial charge on any atom is 0.303 e. The zero-order valence-electron chi connectivity index (χ0n) is 9.50. The minimum Gasteiger partial charge on any atom is -0.481 e. The van der Waals surface area contributed by atoms with Gasteiger partial charge < -0.3 is 10.4 Å². The predicted octanol–water partition coefficient (Wildman–Crippen LogP) is 2.95. The second-order valence-electron chi connectivity index (χ2n) is 3.73. The zero-order valence-corrected chi connectivity index (χ0v) is 11.1. The van der Waals surface area contributed by atoms with Crippen LogP contribution < -0.4 is 5.32 Å². The highest BCUT2D eigenvalue weighted by atomic mass is 79.9. The highest BCUT2D eigenvalue weighted by Crippen LogP contribution is 2.25. The molecule has 17 heavy (non-hydrogen) atoms. The third-order valence-corrected chi connectivity index (χ3v) is 3.31. The fourth-order valence-electron chi connectivity index (χ4n) is 1.36. The van der Waals surface area contributed by atoms with Gasteiger partial charge in [-0.1, -0.05) is 12.1 Å². The summed E-state index contributed by atoms with van der Waals surface area (Å²) < 4.78 is 0.853. The van der Waals surface area contributed by atoms with E-state index in [9.17, 15) is 9.59 Å². The van der Waals surface area contributed by atoms with Gasteiger partial charge >= 0.3 is 5.97 Å². The first kappa shape index (κ1) is 13.7. The Balaban J connectivity index is 2.51.